The van der Waals surface area contributed by atoms with Gasteiger partial charge in [0.2, 0.25) is 5.91 Å². The highest BCUT2D eigenvalue weighted by Crippen LogP contribution is 2.20. The van der Waals surface area contributed by atoms with Crippen molar-refractivity contribution in [2.24, 2.45) is 5.92 Å². The molecule has 2 atom stereocenters. The monoisotopic (exact) mass is 260 g/mol. The molecule has 5 nitrogen and oxygen atoms in total. The smallest absolute Gasteiger partial charge is 0.240 e. The van der Waals surface area contributed by atoms with Crippen LogP contribution in [0.4, 0.5) is 0 Å². The van der Waals surface area contributed by atoms with Crippen LogP contribution < -0.4 is 10.6 Å². The van der Waals surface area contributed by atoms with Gasteiger partial charge in [0.1, 0.15) is 0 Å². The van der Waals surface area contributed by atoms with Crippen LogP contribution >= 0.6 is 0 Å². The van der Waals surface area contributed by atoms with Crippen molar-refractivity contribution in [3.05, 3.63) is 0 Å². The summed E-state index contributed by atoms with van der Waals surface area (Å²) in [5.74, 6) is 0.578. The number of carbonyl (C=O) groups is 1. The summed E-state index contributed by atoms with van der Waals surface area (Å²) in [6.07, 6.45) is 2.54. The molecule has 2 fully saturated rings. The molecule has 98 valence electrons. The molecule has 0 saturated carbocycles. The van der Waals surface area contributed by atoms with Crippen LogP contribution in [-0.2, 0) is 14.6 Å². The normalized spacial score (nSPS) is 35.9. The minimum Gasteiger partial charge on any atom is -0.354 e. The van der Waals surface area contributed by atoms with Crippen molar-refractivity contribution in [2.45, 2.75) is 31.7 Å². The van der Waals surface area contributed by atoms with E-state index in [9.17, 15) is 13.2 Å². The molecule has 2 aliphatic heterocycles. The fraction of sp³-hybridized carbons (Fsp3) is 0.909. The van der Waals surface area contributed by atoms with E-state index in [4.69, 9.17) is 0 Å². The van der Waals surface area contributed by atoms with Gasteiger partial charge in [-0.2, -0.15) is 0 Å². The average molecular weight is 260 g/mol. The van der Waals surface area contributed by atoms with Gasteiger partial charge in [-0.25, -0.2) is 8.42 Å². The third kappa shape index (κ3) is 2.98. The lowest BCUT2D eigenvalue weighted by atomic mass is 9.99. The molecule has 2 saturated heterocycles. The molecule has 6 heteroatoms. The van der Waals surface area contributed by atoms with Crippen LogP contribution in [0.2, 0.25) is 0 Å². The fourth-order valence-corrected chi connectivity index (χ4v) is 4.42. The van der Waals surface area contributed by atoms with Gasteiger partial charge in [-0.05, 0) is 38.6 Å². The van der Waals surface area contributed by atoms with Crippen LogP contribution in [-0.4, -0.2) is 44.5 Å². The SMILES string of the molecule is CC1(C(=O)NCC2CCS(=O)(=O)C2)CCCN1. The lowest BCUT2D eigenvalue weighted by Gasteiger charge is -2.23. The number of amides is 1. The highest BCUT2D eigenvalue weighted by atomic mass is 32.2. The second-order valence-corrected chi connectivity index (χ2v) is 7.57. The molecule has 2 heterocycles. The molecule has 1 amide bonds. The van der Waals surface area contributed by atoms with Crippen LogP contribution in [0.3, 0.4) is 0 Å². The summed E-state index contributed by atoms with van der Waals surface area (Å²) in [6.45, 7) is 3.26. The number of hydrogen-bond acceptors (Lipinski definition) is 4. The van der Waals surface area contributed by atoms with Gasteiger partial charge >= 0.3 is 0 Å². The van der Waals surface area contributed by atoms with Crippen molar-refractivity contribution in [1.29, 1.82) is 0 Å². The van der Waals surface area contributed by atoms with E-state index >= 15 is 0 Å². The Hall–Kier alpha value is -0.620. The van der Waals surface area contributed by atoms with Crippen LogP contribution in [0.5, 0.6) is 0 Å². The van der Waals surface area contributed by atoms with Crippen molar-refractivity contribution in [2.75, 3.05) is 24.6 Å². The van der Waals surface area contributed by atoms with Crippen LogP contribution in [0.25, 0.3) is 0 Å². The van der Waals surface area contributed by atoms with Gasteiger partial charge in [0, 0.05) is 6.54 Å². The van der Waals surface area contributed by atoms with E-state index in [1.54, 1.807) is 0 Å². The molecule has 0 aromatic carbocycles. The van der Waals surface area contributed by atoms with E-state index < -0.39 is 15.4 Å². The lowest BCUT2D eigenvalue weighted by Crippen LogP contribution is -2.52. The molecule has 2 aliphatic rings. The van der Waals surface area contributed by atoms with Crippen LogP contribution in [0.15, 0.2) is 0 Å². The zero-order valence-corrected chi connectivity index (χ0v) is 11.0. The molecule has 2 N–H and O–H groups in total. The first-order valence-corrected chi connectivity index (χ1v) is 7.97. The number of carbonyl (C=O) groups excluding carboxylic acids is 1. The van der Waals surface area contributed by atoms with E-state index in [1.165, 1.54) is 0 Å². The quantitative estimate of drug-likeness (QED) is 0.729. The van der Waals surface area contributed by atoms with Gasteiger partial charge in [0.15, 0.2) is 9.84 Å². The van der Waals surface area contributed by atoms with Crippen molar-refractivity contribution in [3.63, 3.8) is 0 Å². The molecule has 0 spiro atoms. The summed E-state index contributed by atoms with van der Waals surface area (Å²) in [4.78, 5) is 12.0. The summed E-state index contributed by atoms with van der Waals surface area (Å²) in [5, 5.41) is 6.07. The number of sulfone groups is 1. The van der Waals surface area contributed by atoms with Gasteiger partial charge in [0.25, 0.3) is 0 Å². The van der Waals surface area contributed by atoms with Crippen LogP contribution in [0, 0.1) is 5.92 Å². The van der Waals surface area contributed by atoms with Crippen molar-refractivity contribution >= 4 is 15.7 Å². The van der Waals surface area contributed by atoms with E-state index in [2.05, 4.69) is 10.6 Å². The number of hydrogen-bond donors (Lipinski definition) is 2. The molecule has 0 aromatic heterocycles. The summed E-state index contributed by atoms with van der Waals surface area (Å²) < 4.78 is 22.6. The lowest BCUT2D eigenvalue weighted by molar-refractivity contribution is -0.126. The topological polar surface area (TPSA) is 75.3 Å². The predicted octanol–water partition coefficient (Wildman–Crippen LogP) is -0.321. The Morgan fingerprint density at radius 1 is 1.53 bits per heavy atom. The first-order valence-electron chi connectivity index (χ1n) is 6.15. The van der Waals surface area contributed by atoms with E-state index in [0.29, 0.717) is 13.0 Å². The predicted molar refractivity (Wildman–Crippen MR) is 65.4 cm³/mol. The van der Waals surface area contributed by atoms with E-state index in [-0.39, 0.29) is 23.3 Å². The third-order valence-electron chi connectivity index (χ3n) is 3.75. The van der Waals surface area contributed by atoms with E-state index in [1.807, 2.05) is 6.92 Å². The summed E-state index contributed by atoms with van der Waals surface area (Å²) >= 11 is 0. The van der Waals surface area contributed by atoms with E-state index in [0.717, 1.165) is 19.4 Å². The van der Waals surface area contributed by atoms with Gasteiger partial charge in [0.05, 0.1) is 17.0 Å². The molecule has 2 unspecified atom stereocenters. The standard InChI is InChI=1S/C11H20N2O3S/c1-11(4-2-5-13-11)10(14)12-7-9-3-6-17(15,16)8-9/h9,13H,2-8H2,1H3,(H,12,14). The first kappa shape index (κ1) is 12.8. The number of nitrogens with one attached hydrogen (secondary N) is 2. The second-order valence-electron chi connectivity index (χ2n) is 5.34. The minimum atomic E-state index is -2.84. The maximum atomic E-state index is 12.0. The maximum Gasteiger partial charge on any atom is 0.240 e. The Balaban J connectivity index is 1.81. The molecular weight excluding hydrogens is 240 g/mol. The van der Waals surface area contributed by atoms with Crippen molar-refractivity contribution in [1.82, 2.24) is 10.6 Å². The maximum absolute atomic E-state index is 12.0. The van der Waals surface area contributed by atoms with Gasteiger partial charge < -0.3 is 10.6 Å². The second kappa shape index (κ2) is 4.57. The summed E-state index contributed by atoms with van der Waals surface area (Å²) in [5.41, 5.74) is -0.461. The third-order valence-corrected chi connectivity index (χ3v) is 5.58. The molecule has 0 aliphatic carbocycles. The molecule has 17 heavy (non-hydrogen) atoms. The molecule has 0 radical (unpaired) electrons. The Kier molecular flexibility index (Phi) is 3.45. The van der Waals surface area contributed by atoms with Crippen molar-refractivity contribution in [3.8, 4) is 0 Å². The summed E-state index contributed by atoms with van der Waals surface area (Å²) in [7, 11) is -2.84. The Morgan fingerprint density at radius 3 is 2.82 bits per heavy atom. The molecular formula is C11H20N2O3S. The van der Waals surface area contributed by atoms with Crippen molar-refractivity contribution < 1.29 is 13.2 Å². The number of rotatable bonds is 3. The Bertz CT molecular complexity index is 399. The van der Waals surface area contributed by atoms with Gasteiger partial charge in [-0.15, -0.1) is 0 Å². The van der Waals surface area contributed by atoms with Crippen LogP contribution in [0.1, 0.15) is 26.2 Å². The fourth-order valence-electron chi connectivity index (χ4n) is 2.55. The highest BCUT2D eigenvalue weighted by Gasteiger charge is 2.36. The Morgan fingerprint density at radius 2 is 2.29 bits per heavy atom. The zero-order valence-electron chi connectivity index (χ0n) is 10.2. The highest BCUT2D eigenvalue weighted by molar-refractivity contribution is 7.91. The largest absolute Gasteiger partial charge is 0.354 e. The minimum absolute atomic E-state index is 0.000650. The average Bonchev–Trinajstić information content (AvgIpc) is 2.82. The van der Waals surface area contributed by atoms with Gasteiger partial charge in [-0.3, -0.25) is 4.79 Å². The molecule has 0 bridgehead atoms. The van der Waals surface area contributed by atoms with Gasteiger partial charge in [-0.1, -0.05) is 0 Å². The molecule has 2 rings (SSSR count). The first-order chi connectivity index (χ1) is 7.91. The Labute approximate surface area is 102 Å². The summed E-state index contributed by atoms with van der Waals surface area (Å²) in [6, 6.07) is 0. The zero-order chi connectivity index (χ0) is 12.5. The molecule has 0 aromatic rings.